The molecule has 110 valence electrons. The number of hydrogen-bond donors (Lipinski definition) is 3. The molecule has 1 heterocycles. The quantitative estimate of drug-likeness (QED) is 0.642. The molecule has 19 heavy (non-hydrogen) atoms. The van der Waals surface area contributed by atoms with Gasteiger partial charge in [-0.2, -0.15) is 0 Å². The Hall–Kier alpha value is -1.30. The van der Waals surface area contributed by atoms with Crippen LogP contribution < -0.4 is 10.6 Å². The van der Waals surface area contributed by atoms with Gasteiger partial charge in [0.15, 0.2) is 0 Å². The molecule has 1 aliphatic rings. The predicted octanol–water partition coefficient (Wildman–Crippen LogP) is 0.881. The van der Waals surface area contributed by atoms with Gasteiger partial charge in [-0.05, 0) is 31.8 Å². The average molecular weight is 271 g/mol. The Balaban J connectivity index is 2.25. The second-order valence-corrected chi connectivity index (χ2v) is 5.15. The first-order valence-corrected chi connectivity index (χ1v) is 7.04. The fourth-order valence-electron chi connectivity index (χ4n) is 2.21. The molecular formula is C13H25N3O3. The van der Waals surface area contributed by atoms with E-state index in [-0.39, 0.29) is 5.92 Å². The second-order valence-electron chi connectivity index (χ2n) is 5.15. The normalized spacial score (nSPS) is 18.8. The number of rotatable bonds is 7. The molecule has 1 aliphatic heterocycles. The van der Waals surface area contributed by atoms with Gasteiger partial charge in [-0.15, -0.1) is 0 Å². The molecule has 2 amide bonds. The fraction of sp³-hybridized carbons (Fsp3) is 0.846. The maximum absolute atomic E-state index is 11.6. The molecule has 1 fully saturated rings. The zero-order chi connectivity index (χ0) is 14.3. The number of carbonyl (C=O) groups excluding carboxylic acids is 1. The Kier molecular flexibility index (Phi) is 6.62. The van der Waals surface area contributed by atoms with Gasteiger partial charge in [0.2, 0.25) is 0 Å². The summed E-state index contributed by atoms with van der Waals surface area (Å²) in [6.45, 7) is 7.30. The number of nitrogens with one attached hydrogen (secondary N) is 2. The summed E-state index contributed by atoms with van der Waals surface area (Å²) in [4.78, 5) is 25.0. The van der Waals surface area contributed by atoms with E-state index in [1.54, 1.807) is 0 Å². The van der Waals surface area contributed by atoms with Crippen molar-refractivity contribution in [3.63, 3.8) is 0 Å². The summed E-state index contributed by atoms with van der Waals surface area (Å²) in [5.41, 5.74) is 0. The molecule has 2 atom stereocenters. The molecule has 1 saturated heterocycles. The molecule has 0 radical (unpaired) electrons. The summed E-state index contributed by atoms with van der Waals surface area (Å²) in [6.07, 6.45) is 3.16. The molecule has 0 aliphatic carbocycles. The largest absolute Gasteiger partial charge is 0.480 e. The first-order valence-electron chi connectivity index (χ1n) is 7.04. The third kappa shape index (κ3) is 5.46. The summed E-state index contributed by atoms with van der Waals surface area (Å²) >= 11 is 0. The third-order valence-electron chi connectivity index (χ3n) is 3.68. The maximum atomic E-state index is 11.6. The summed E-state index contributed by atoms with van der Waals surface area (Å²) in [5.74, 6) is -1.06. The Morgan fingerprint density at radius 1 is 1.32 bits per heavy atom. The summed E-state index contributed by atoms with van der Waals surface area (Å²) < 4.78 is 0. The highest BCUT2D eigenvalue weighted by molar-refractivity contribution is 5.82. The van der Waals surface area contributed by atoms with Crippen molar-refractivity contribution in [3.8, 4) is 0 Å². The summed E-state index contributed by atoms with van der Waals surface area (Å²) in [7, 11) is 0. The molecule has 1 rings (SSSR count). The molecule has 6 heteroatoms. The van der Waals surface area contributed by atoms with E-state index in [0.717, 1.165) is 19.6 Å². The fourth-order valence-corrected chi connectivity index (χ4v) is 2.21. The number of carboxylic acids is 1. The van der Waals surface area contributed by atoms with Crippen LogP contribution in [0.1, 0.15) is 33.1 Å². The van der Waals surface area contributed by atoms with Gasteiger partial charge >= 0.3 is 12.0 Å². The van der Waals surface area contributed by atoms with E-state index in [0.29, 0.717) is 13.0 Å². The van der Waals surface area contributed by atoms with Gasteiger partial charge in [-0.1, -0.05) is 20.3 Å². The first kappa shape index (κ1) is 15.8. The summed E-state index contributed by atoms with van der Waals surface area (Å²) in [5, 5.41) is 14.3. The Morgan fingerprint density at radius 3 is 2.47 bits per heavy atom. The van der Waals surface area contributed by atoms with Crippen LogP contribution in [0.15, 0.2) is 0 Å². The van der Waals surface area contributed by atoms with Gasteiger partial charge in [0.1, 0.15) is 6.04 Å². The number of likely N-dealkylation sites (tertiary alicyclic amines) is 1. The molecule has 0 aromatic carbocycles. The second kappa shape index (κ2) is 7.99. The van der Waals surface area contributed by atoms with Crippen LogP contribution in [0.4, 0.5) is 4.79 Å². The lowest BCUT2D eigenvalue weighted by molar-refractivity contribution is -0.140. The lowest BCUT2D eigenvalue weighted by Gasteiger charge is -2.21. The Labute approximate surface area is 114 Å². The molecule has 0 unspecified atom stereocenters. The molecule has 0 spiro atoms. The summed E-state index contributed by atoms with van der Waals surface area (Å²) in [6, 6.07) is -1.22. The van der Waals surface area contributed by atoms with Crippen molar-refractivity contribution in [3.05, 3.63) is 0 Å². The topological polar surface area (TPSA) is 81.7 Å². The average Bonchev–Trinajstić information content (AvgIpc) is 2.87. The highest BCUT2D eigenvalue weighted by Gasteiger charge is 2.25. The molecule has 0 saturated carbocycles. The highest BCUT2D eigenvalue weighted by atomic mass is 16.4. The molecule has 3 N–H and O–H groups in total. The zero-order valence-corrected chi connectivity index (χ0v) is 11.8. The molecule has 0 bridgehead atoms. The molecule has 0 aromatic rings. The predicted molar refractivity (Wildman–Crippen MR) is 73.1 cm³/mol. The van der Waals surface area contributed by atoms with Gasteiger partial charge in [-0.3, -0.25) is 0 Å². The van der Waals surface area contributed by atoms with E-state index in [2.05, 4.69) is 15.5 Å². The van der Waals surface area contributed by atoms with Gasteiger partial charge < -0.3 is 20.6 Å². The van der Waals surface area contributed by atoms with Crippen LogP contribution in [0.5, 0.6) is 0 Å². The number of urea groups is 1. The van der Waals surface area contributed by atoms with Crippen molar-refractivity contribution in [1.29, 1.82) is 0 Å². The molecule has 6 nitrogen and oxygen atoms in total. The SMILES string of the molecule is CC[C@H](C)[C@H](NC(=O)NCCN1CCCC1)C(=O)O. The van der Waals surface area contributed by atoms with Gasteiger partial charge in [0.25, 0.3) is 0 Å². The van der Waals surface area contributed by atoms with Gasteiger partial charge in [0.05, 0.1) is 0 Å². The number of hydrogen-bond acceptors (Lipinski definition) is 3. The van der Waals surface area contributed by atoms with Gasteiger partial charge in [0, 0.05) is 13.1 Å². The van der Waals surface area contributed by atoms with Crippen LogP contribution in [0.2, 0.25) is 0 Å². The van der Waals surface area contributed by atoms with Crippen LogP contribution in [0.25, 0.3) is 0 Å². The monoisotopic (exact) mass is 271 g/mol. The number of carboxylic acid groups (broad SMARTS) is 1. The van der Waals surface area contributed by atoms with E-state index >= 15 is 0 Å². The van der Waals surface area contributed by atoms with Crippen molar-refractivity contribution in [2.24, 2.45) is 5.92 Å². The van der Waals surface area contributed by atoms with Crippen molar-refractivity contribution in [1.82, 2.24) is 15.5 Å². The smallest absolute Gasteiger partial charge is 0.326 e. The third-order valence-corrected chi connectivity index (χ3v) is 3.68. The van der Waals surface area contributed by atoms with Crippen molar-refractivity contribution in [2.45, 2.75) is 39.2 Å². The maximum Gasteiger partial charge on any atom is 0.326 e. The number of amides is 2. The van der Waals surface area contributed by atoms with E-state index in [4.69, 9.17) is 5.11 Å². The molecule has 0 aromatic heterocycles. The van der Waals surface area contributed by atoms with Gasteiger partial charge in [-0.25, -0.2) is 9.59 Å². The van der Waals surface area contributed by atoms with Crippen LogP contribution in [-0.4, -0.2) is 54.2 Å². The minimum absolute atomic E-state index is 0.0816. The van der Waals surface area contributed by atoms with E-state index in [1.807, 2.05) is 13.8 Å². The minimum atomic E-state index is -0.982. The van der Waals surface area contributed by atoms with E-state index in [9.17, 15) is 9.59 Å². The lowest BCUT2D eigenvalue weighted by Crippen LogP contribution is -2.50. The van der Waals surface area contributed by atoms with Crippen molar-refractivity contribution in [2.75, 3.05) is 26.2 Å². The zero-order valence-electron chi connectivity index (χ0n) is 11.8. The van der Waals surface area contributed by atoms with Crippen molar-refractivity contribution < 1.29 is 14.7 Å². The van der Waals surface area contributed by atoms with Crippen LogP contribution >= 0.6 is 0 Å². The number of carbonyl (C=O) groups is 2. The Morgan fingerprint density at radius 2 is 1.95 bits per heavy atom. The van der Waals surface area contributed by atoms with Crippen LogP contribution in [0, 0.1) is 5.92 Å². The Bertz CT molecular complexity index is 304. The van der Waals surface area contributed by atoms with Crippen LogP contribution in [-0.2, 0) is 4.79 Å². The van der Waals surface area contributed by atoms with Crippen LogP contribution in [0.3, 0.4) is 0 Å². The number of nitrogens with zero attached hydrogens (tertiary/aromatic N) is 1. The van der Waals surface area contributed by atoms with E-state index in [1.165, 1.54) is 12.8 Å². The number of aliphatic carboxylic acids is 1. The van der Waals surface area contributed by atoms with E-state index < -0.39 is 18.0 Å². The highest BCUT2D eigenvalue weighted by Crippen LogP contribution is 2.08. The first-order chi connectivity index (χ1) is 9.04. The lowest BCUT2D eigenvalue weighted by atomic mass is 9.99. The minimum Gasteiger partial charge on any atom is -0.480 e. The van der Waals surface area contributed by atoms with Crippen molar-refractivity contribution >= 4 is 12.0 Å². The standard InChI is InChI=1S/C13H25N3O3/c1-3-10(2)11(12(17)18)15-13(19)14-6-9-16-7-4-5-8-16/h10-11H,3-9H2,1-2H3,(H,17,18)(H2,14,15,19)/t10-,11-/m0/s1. The molecular weight excluding hydrogens is 246 g/mol.